The number of hydrogen-bond donors (Lipinski definition) is 2. The van der Waals surface area contributed by atoms with Crippen LogP contribution in [0.5, 0.6) is 0 Å². The Morgan fingerprint density at radius 3 is 2.53 bits per heavy atom. The number of nitrogen functional groups attached to an aromatic ring is 1. The summed E-state index contributed by atoms with van der Waals surface area (Å²) in [6, 6.07) is 9.08. The van der Waals surface area contributed by atoms with Crippen LogP contribution in [0.2, 0.25) is 0 Å². The second-order valence-electron chi connectivity index (χ2n) is 3.38. The number of nitrogens with two attached hydrogens (primary N) is 1. The first-order valence-corrected chi connectivity index (χ1v) is 4.59. The van der Waals surface area contributed by atoms with Crippen molar-refractivity contribution in [1.29, 1.82) is 0 Å². The van der Waals surface area contributed by atoms with Gasteiger partial charge in [-0.3, -0.25) is 0 Å². The summed E-state index contributed by atoms with van der Waals surface area (Å²) < 4.78 is 0. The summed E-state index contributed by atoms with van der Waals surface area (Å²) in [6.45, 7) is 1.82. The minimum Gasteiger partial charge on any atom is -0.399 e. The van der Waals surface area contributed by atoms with E-state index in [1.54, 1.807) is 12.1 Å². The second-order valence-corrected chi connectivity index (χ2v) is 3.38. The molecule has 0 aliphatic rings. The molecule has 0 spiro atoms. The molecule has 0 radical (unpaired) electrons. The normalized spacial score (nSPS) is 10.2. The molecule has 15 heavy (non-hydrogen) atoms. The van der Waals surface area contributed by atoms with Crippen LogP contribution in [-0.4, -0.2) is 9.97 Å². The van der Waals surface area contributed by atoms with E-state index in [0.717, 1.165) is 11.3 Å². The van der Waals surface area contributed by atoms with Crippen LogP contribution in [-0.2, 0) is 0 Å². The molecule has 0 saturated heterocycles. The summed E-state index contributed by atoms with van der Waals surface area (Å²) >= 11 is 0. The fourth-order valence-electron chi connectivity index (χ4n) is 1.38. The highest BCUT2D eigenvalue weighted by Gasteiger charge is 2.00. The Labute approximate surface area is 86.8 Å². The van der Waals surface area contributed by atoms with Gasteiger partial charge in [0.2, 0.25) is 0 Å². The quantitative estimate of drug-likeness (QED) is 0.683. The third kappa shape index (κ3) is 2.04. The largest absolute Gasteiger partial charge is 0.399 e. The van der Waals surface area contributed by atoms with Crippen molar-refractivity contribution in [1.82, 2.24) is 9.97 Å². The smallest absolute Gasteiger partial charge is 0.345 e. The summed E-state index contributed by atoms with van der Waals surface area (Å²) in [5, 5.41) is 0. The van der Waals surface area contributed by atoms with E-state index in [1.807, 2.05) is 25.1 Å². The number of anilines is 1. The zero-order chi connectivity index (χ0) is 10.8. The van der Waals surface area contributed by atoms with Crippen molar-refractivity contribution in [3.8, 4) is 11.3 Å². The van der Waals surface area contributed by atoms with Crippen LogP contribution in [0.25, 0.3) is 11.3 Å². The van der Waals surface area contributed by atoms with Gasteiger partial charge in [0.25, 0.3) is 0 Å². The molecule has 4 heteroatoms. The number of nitrogens with one attached hydrogen (secondary N) is 1. The van der Waals surface area contributed by atoms with Crippen molar-refractivity contribution in [2.75, 3.05) is 5.73 Å². The molecule has 1 aromatic heterocycles. The number of aromatic nitrogens is 2. The predicted molar refractivity (Wildman–Crippen MR) is 59.4 cm³/mol. The molecule has 1 heterocycles. The molecule has 1 aromatic carbocycles. The zero-order valence-electron chi connectivity index (χ0n) is 8.32. The summed E-state index contributed by atoms with van der Waals surface area (Å²) in [5.74, 6) is 0. The van der Waals surface area contributed by atoms with Crippen LogP contribution >= 0.6 is 0 Å². The van der Waals surface area contributed by atoms with E-state index in [2.05, 4.69) is 9.97 Å². The Hall–Kier alpha value is -2.10. The van der Waals surface area contributed by atoms with E-state index in [1.165, 1.54) is 0 Å². The number of nitrogens with zero attached hydrogens (tertiary/aromatic N) is 1. The number of rotatable bonds is 1. The summed E-state index contributed by atoms with van der Waals surface area (Å²) in [4.78, 5) is 17.6. The standard InChI is InChI=1S/C11H11N3O/c1-7-6-10(14-11(15)13-7)8-2-4-9(12)5-3-8/h2-6H,12H2,1H3,(H,13,14,15). The molecule has 0 fully saturated rings. The topological polar surface area (TPSA) is 71.8 Å². The Morgan fingerprint density at radius 1 is 1.27 bits per heavy atom. The van der Waals surface area contributed by atoms with Gasteiger partial charge < -0.3 is 10.7 Å². The van der Waals surface area contributed by atoms with E-state index < -0.39 is 0 Å². The molecule has 0 atom stereocenters. The van der Waals surface area contributed by atoms with Crippen molar-refractivity contribution < 1.29 is 0 Å². The van der Waals surface area contributed by atoms with Crippen LogP contribution in [0, 0.1) is 6.92 Å². The lowest BCUT2D eigenvalue weighted by Gasteiger charge is -2.01. The molecule has 0 aliphatic heterocycles. The van der Waals surface area contributed by atoms with Gasteiger partial charge in [-0.1, -0.05) is 12.1 Å². The fourth-order valence-corrected chi connectivity index (χ4v) is 1.38. The van der Waals surface area contributed by atoms with Crippen LogP contribution in [0.15, 0.2) is 35.1 Å². The average Bonchev–Trinajstić information content (AvgIpc) is 2.17. The molecule has 4 nitrogen and oxygen atoms in total. The predicted octanol–water partition coefficient (Wildman–Crippen LogP) is 1.33. The second kappa shape index (κ2) is 3.57. The monoisotopic (exact) mass is 201 g/mol. The van der Waals surface area contributed by atoms with Crippen molar-refractivity contribution in [2.24, 2.45) is 0 Å². The van der Waals surface area contributed by atoms with Crippen molar-refractivity contribution >= 4 is 5.69 Å². The van der Waals surface area contributed by atoms with Crippen LogP contribution < -0.4 is 11.4 Å². The molecule has 0 bridgehead atoms. The first kappa shape index (κ1) is 9.45. The molecule has 76 valence electrons. The number of aryl methyl sites for hydroxylation is 1. The molecule has 0 unspecified atom stereocenters. The van der Waals surface area contributed by atoms with E-state index in [0.29, 0.717) is 11.4 Å². The van der Waals surface area contributed by atoms with Gasteiger partial charge >= 0.3 is 5.69 Å². The fraction of sp³-hybridized carbons (Fsp3) is 0.0909. The Kier molecular flexibility index (Phi) is 2.25. The lowest BCUT2D eigenvalue weighted by atomic mass is 10.1. The third-order valence-corrected chi connectivity index (χ3v) is 2.09. The zero-order valence-corrected chi connectivity index (χ0v) is 8.32. The minimum atomic E-state index is -0.332. The van der Waals surface area contributed by atoms with Gasteiger partial charge in [0.05, 0.1) is 5.69 Å². The van der Waals surface area contributed by atoms with Gasteiger partial charge in [0, 0.05) is 16.9 Å². The number of H-pyrrole nitrogens is 1. The maximum absolute atomic E-state index is 11.2. The molecule has 2 aromatic rings. The minimum absolute atomic E-state index is 0.332. The summed E-state index contributed by atoms with van der Waals surface area (Å²) in [5.41, 5.74) is 8.28. The highest BCUT2D eigenvalue weighted by atomic mass is 16.1. The molecule has 0 amide bonds. The van der Waals surface area contributed by atoms with Crippen LogP contribution in [0.1, 0.15) is 5.69 Å². The van der Waals surface area contributed by atoms with Crippen molar-refractivity contribution in [3.05, 3.63) is 46.5 Å². The van der Waals surface area contributed by atoms with Gasteiger partial charge in [-0.15, -0.1) is 0 Å². The molecule has 2 rings (SSSR count). The first-order chi connectivity index (χ1) is 7.15. The van der Waals surface area contributed by atoms with Gasteiger partial charge in [0.1, 0.15) is 0 Å². The van der Waals surface area contributed by atoms with E-state index >= 15 is 0 Å². The van der Waals surface area contributed by atoms with Gasteiger partial charge in [-0.05, 0) is 25.1 Å². The Bertz CT molecular complexity index is 528. The van der Waals surface area contributed by atoms with Gasteiger partial charge in [-0.2, -0.15) is 4.98 Å². The highest BCUT2D eigenvalue weighted by Crippen LogP contribution is 2.17. The molecular formula is C11H11N3O. The van der Waals surface area contributed by atoms with Crippen LogP contribution in [0.3, 0.4) is 0 Å². The lowest BCUT2D eigenvalue weighted by molar-refractivity contribution is 1.03. The Balaban J connectivity index is 2.54. The SMILES string of the molecule is Cc1cc(-c2ccc(N)cc2)nc(=O)[nH]1. The van der Waals surface area contributed by atoms with Gasteiger partial charge in [0.15, 0.2) is 0 Å². The highest BCUT2D eigenvalue weighted by molar-refractivity contribution is 5.61. The molecule has 3 N–H and O–H groups in total. The van der Waals surface area contributed by atoms with Gasteiger partial charge in [-0.25, -0.2) is 4.79 Å². The van der Waals surface area contributed by atoms with Crippen molar-refractivity contribution in [3.63, 3.8) is 0 Å². The molecule has 0 aliphatic carbocycles. The number of aromatic amines is 1. The number of benzene rings is 1. The van der Waals surface area contributed by atoms with E-state index in [9.17, 15) is 4.79 Å². The van der Waals surface area contributed by atoms with Crippen molar-refractivity contribution in [2.45, 2.75) is 6.92 Å². The number of hydrogen-bond acceptors (Lipinski definition) is 3. The molecule has 0 saturated carbocycles. The maximum Gasteiger partial charge on any atom is 0.345 e. The Morgan fingerprint density at radius 2 is 1.93 bits per heavy atom. The van der Waals surface area contributed by atoms with Crippen LogP contribution in [0.4, 0.5) is 5.69 Å². The maximum atomic E-state index is 11.2. The average molecular weight is 201 g/mol. The van der Waals surface area contributed by atoms with E-state index in [-0.39, 0.29) is 5.69 Å². The lowest BCUT2D eigenvalue weighted by Crippen LogP contribution is -2.11. The third-order valence-electron chi connectivity index (χ3n) is 2.09. The summed E-state index contributed by atoms with van der Waals surface area (Å²) in [7, 11) is 0. The first-order valence-electron chi connectivity index (χ1n) is 4.59. The van der Waals surface area contributed by atoms with E-state index in [4.69, 9.17) is 5.73 Å². The summed E-state index contributed by atoms with van der Waals surface area (Å²) in [6.07, 6.45) is 0. The molecular weight excluding hydrogens is 190 g/mol.